The lowest BCUT2D eigenvalue weighted by molar-refractivity contribution is -0.0907. The average Bonchev–Trinajstić information content (AvgIpc) is 3.35. The summed E-state index contributed by atoms with van der Waals surface area (Å²) >= 11 is 0. The number of aromatic nitrogens is 3. The van der Waals surface area contributed by atoms with Crippen molar-refractivity contribution in [2.45, 2.75) is 25.4 Å². The maximum Gasteiger partial charge on any atom is 0.421 e. The van der Waals surface area contributed by atoms with Crippen molar-refractivity contribution in [2.75, 3.05) is 13.2 Å². The molecular weight excluding hydrogens is 326 g/mol. The Kier molecular flexibility index (Phi) is 4.59. The van der Waals surface area contributed by atoms with E-state index in [0.29, 0.717) is 19.8 Å². The van der Waals surface area contributed by atoms with E-state index in [0.717, 1.165) is 17.7 Å². The van der Waals surface area contributed by atoms with Crippen molar-refractivity contribution < 1.29 is 19.0 Å². The van der Waals surface area contributed by atoms with Crippen LogP contribution in [0.15, 0.2) is 36.9 Å². The number of nitrogens with zero attached hydrogens (tertiary/aromatic N) is 3. The summed E-state index contributed by atoms with van der Waals surface area (Å²) in [6.07, 6.45) is 2.98. The first-order valence-corrected chi connectivity index (χ1v) is 8.16. The Bertz CT molecular complexity index is 706. The largest absolute Gasteiger partial charge is 0.442 e. The van der Waals surface area contributed by atoms with Crippen molar-refractivity contribution in [2.24, 2.45) is 5.92 Å². The molecule has 0 bridgehead atoms. The minimum Gasteiger partial charge on any atom is -0.442 e. The molecule has 2 saturated heterocycles. The lowest BCUT2D eigenvalue weighted by atomic mass is 10.0. The highest BCUT2D eigenvalue weighted by molar-refractivity contribution is 5.66. The normalized spacial score (nSPS) is 24.9. The second-order valence-electron chi connectivity index (χ2n) is 5.95. The molecule has 0 spiro atoms. The molecule has 4 rings (SSSR count). The minimum atomic E-state index is -0.514. The summed E-state index contributed by atoms with van der Waals surface area (Å²) in [5.74, 6) is 0.134. The first-order valence-electron chi connectivity index (χ1n) is 8.16. The van der Waals surface area contributed by atoms with Crippen LogP contribution in [0.25, 0.3) is 5.69 Å². The van der Waals surface area contributed by atoms with E-state index in [-0.39, 0.29) is 18.3 Å². The van der Waals surface area contributed by atoms with E-state index in [1.54, 1.807) is 11.0 Å². The van der Waals surface area contributed by atoms with Gasteiger partial charge in [-0.15, -0.1) is 0 Å². The maximum absolute atomic E-state index is 11.9. The number of hydrogen-bond acceptors (Lipinski definition) is 7. The Morgan fingerprint density at radius 3 is 3.00 bits per heavy atom. The van der Waals surface area contributed by atoms with E-state index in [9.17, 15) is 4.79 Å². The second-order valence-corrected chi connectivity index (χ2v) is 5.95. The van der Waals surface area contributed by atoms with Crippen LogP contribution in [0.5, 0.6) is 0 Å². The molecule has 9 nitrogen and oxygen atoms in total. The van der Waals surface area contributed by atoms with Gasteiger partial charge in [0.2, 0.25) is 0 Å². The molecule has 1 aromatic heterocycles. The Balaban J connectivity index is 1.22. The quantitative estimate of drug-likeness (QED) is 0.772. The van der Waals surface area contributed by atoms with Crippen molar-refractivity contribution in [3.63, 3.8) is 0 Å². The van der Waals surface area contributed by atoms with Crippen LogP contribution < -0.4 is 10.9 Å². The van der Waals surface area contributed by atoms with Gasteiger partial charge in [0.15, 0.2) is 6.29 Å². The third-order valence-electron chi connectivity index (χ3n) is 4.35. The summed E-state index contributed by atoms with van der Waals surface area (Å²) < 4.78 is 17.9. The molecule has 2 N–H and O–H groups in total. The molecule has 0 saturated carbocycles. The van der Waals surface area contributed by atoms with Crippen LogP contribution in [0.1, 0.15) is 12.0 Å². The zero-order valence-corrected chi connectivity index (χ0v) is 13.5. The summed E-state index contributed by atoms with van der Waals surface area (Å²) in [6.45, 7) is 1.51. The zero-order chi connectivity index (χ0) is 17.1. The maximum atomic E-state index is 11.9. The van der Waals surface area contributed by atoms with Gasteiger partial charge >= 0.3 is 6.09 Å². The molecule has 0 aliphatic carbocycles. The Labute approximate surface area is 144 Å². The molecular formula is C16H19N5O4. The van der Waals surface area contributed by atoms with Crippen molar-refractivity contribution in [3.8, 4) is 5.69 Å². The van der Waals surface area contributed by atoms with E-state index in [1.165, 1.54) is 6.33 Å². The molecule has 1 unspecified atom stereocenters. The highest BCUT2D eigenvalue weighted by atomic mass is 16.7. The number of hydrazine groups is 1. The van der Waals surface area contributed by atoms with Gasteiger partial charge in [0.05, 0.1) is 24.8 Å². The van der Waals surface area contributed by atoms with Crippen molar-refractivity contribution in [1.29, 1.82) is 0 Å². The van der Waals surface area contributed by atoms with Gasteiger partial charge in [0, 0.05) is 6.54 Å². The summed E-state index contributed by atoms with van der Waals surface area (Å²) in [4.78, 5) is 15.8. The molecule has 2 aliphatic rings. The van der Waals surface area contributed by atoms with Crippen LogP contribution >= 0.6 is 0 Å². The molecule has 3 atom stereocenters. The van der Waals surface area contributed by atoms with E-state index in [2.05, 4.69) is 20.9 Å². The van der Waals surface area contributed by atoms with Gasteiger partial charge in [-0.25, -0.2) is 19.9 Å². The molecule has 1 amide bonds. The Hall–Kier alpha value is -2.49. The van der Waals surface area contributed by atoms with Gasteiger partial charge in [-0.2, -0.15) is 5.10 Å². The first-order chi connectivity index (χ1) is 12.3. The van der Waals surface area contributed by atoms with Crippen molar-refractivity contribution in [3.05, 3.63) is 42.5 Å². The van der Waals surface area contributed by atoms with E-state index in [4.69, 9.17) is 14.2 Å². The van der Waals surface area contributed by atoms with Gasteiger partial charge in [-0.05, 0) is 24.1 Å². The number of nitrogens with one attached hydrogen (secondary N) is 2. The van der Waals surface area contributed by atoms with E-state index < -0.39 is 6.09 Å². The smallest absolute Gasteiger partial charge is 0.421 e. The molecule has 0 radical (unpaired) electrons. The average molecular weight is 345 g/mol. The summed E-state index contributed by atoms with van der Waals surface area (Å²) in [5, 5.41) is 4.07. The lowest BCUT2D eigenvalue weighted by Crippen LogP contribution is -2.40. The number of carbonyl (C=O) groups is 1. The number of carbonyl (C=O) groups excluding carboxylic acids is 1. The highest BCUT2D eigenvalue weighted by Crippen LogP contribution is 2.32. The van der Waals surface area contributed by atoms with Gasteiger partial charge in [-0.1, -0.05) is 12.1 Å². The van der Waals surface area contributed by atoms with E-state index in [1.807, 2.05) is 24.3 Å². The fourth-order valence-electron chi connectivity index (χ4n) is 3.04. The van der Waals surface area contributed by atoms with Gasteiger partial charge in [-0.3, -0.25) is 5.43 Å². The number of ether oxygens (including phenoxy) is 3. The van der Waals surface area contributed by atoms with Crippen LogP contribution in [0.4, 0.5) is 4.79 Å². The van der Waals surface area contributed by atoms with Crippen LogP contribution in [-0.2, 0) is 20.8 Å². The van der Waals surface area contributed by atoms with Gasteiger partial charge < -0.3 is 14.2 Å². The topological polar surface area (TPSA) is 99.5 Å². The van der Waals surface area contributed by atoms with Crippen LogP contribution in [0.2, 0.25) is 0 Å². The molecule has 2 fully saturated rings. The Morgan fingerprint density at radius 1 is 1.32 bits per heavy atom. The molecule has 2 aliphatic heterocycles. The molecule has 132 valence electrons. The first kappa shape index (κ1) is 16.0. The van der Waals surface area contributed by atoms with Crippen LogP contribution in [-0.4, -0.2) is 46.5 Å². The fourth-order valence-corrected chi connectivity index (χ4v) is 3.04. The van der Waals surface area contributed by atoms with Gasteiger partial charge in [0.1, 0.15) is 18.8 Å². The number of hydrogen-bond donors (Lipinski definition) is 2. The molecule has 9 heteroatoms. The summed E-state index contributed by atoms with van der Waals surface area (Å²) in [5.41, 5.74) is 7.33. The second kappa shape index (κ2) is 7.18. The zero-order valence-electron chi connectivity index (χ0n) is 13.5. The number of benzene rings is 1. The van der Waals surface area contributed by atoms with Crippen LogP contribution in [0, 0.1) is 5.92 Å². The molecule has 1 aromatic carbocycles. The predicted molar refractivity (Wildman–Crippen MR) is 85.4 cm³/mol. The molecule has 2 aromatic rings. The van der Waals surface area contributed by atoms with Gasteiger partial charge in [0.25, 0.3) is 0 Å². The standard InChI is InChI=1S/C16H19N5O4/c22-16(25-14-8-24-15-13(14)5-6-23-15)20-18-7-11-1-3-12(4-2-11)21-10-17-9-19-21/h1-4,9-10,13-15,18H,5-8H2,(H,20,22)/t13-,14?,15+/m0/s1. The fraction of sp³-hybridized carbons (Fsp3) is 0.438. The predicted octanol–water partition coefficient (Wildman–Crippen LogP) is 0.759. The lowest BCUT2D eigenvalue weighted by Gasteiger charge is -2.16. The van der Waals surface area contributed by atoms with Crippen molar-refractivity contribution in [1.82, 2.24) is 25.6 Å². The molecule has 25 heavy (non-hydrogen) atoms. The monoisotopic (exact) mass is 345 g/mol. The van der Waals surface area contributed by atoms with Crippen LogP contribution in [0.3, 0.4) is 0 Å². The third kappa shape index (κ3) is 3.63. The third-order valence-corrected chi connectivity index (χ3v) is 4.35. The number of amides is 1. The van der Waals surface area contributed by atoms with Crippen molar-refractivity contribution >= 4 is 6.09 Å². The highest BCUT2D eigenvalue weighted by Gasteiger charge is 2.43. The SMILES string of the molecule is O=C(NNCc1ccc(-n2cncn2)cc1)OC1CO[C@H]2OCC[C@@H]12. The summed E-state index contributed by atoms with van der Waals surface area (Å²) in [6, 6.07) is 7.75. The Morgan fingerprint density at radius 2 is 2.20 bits per heavy atom. The minimum absolute atomic E-state index is 0.134. The molecule has 3 heterocycles. The number of rotatable bonds is 5. The number of fused-ring (bicyclic) bond motifs is 1. The van der Waals surface area contributed by atoms with E-state index >= 15 is 0 Å². The summed E-state index contributed by atoms with van der Waals surface area (Å²) in [7, 11) is 0.